The normalized spacial score (nSPS) is 21.5. The molecular weight excluding hydrogens is 389 g/mol. The fourth-order valence-electron chi connectivity index (χ4n) is 2.81. The molecule has 1 saturated carbocycles. The van der Waals surface area contributed by atoms with Gasteiger partial charge in [0.25, 0.3) is 0 Å². The van der Waals surface area contributed by atoms with Gasteiger partial charge in [-0.25, -0.2) is 13.4 Å². The number of sulfonamides is 1. The summed E-state index contributed by atoms with van der Waals surface area (Å²) in [5.41, 5.74) is 0.242. The van der Waals surface area contributed by atoms with Crippen molar-refractivity contribution in [2.45, 2.75) is 36.8 Å². The molecule has 1 atom stereocenters. The number of hydrogen-bond acceptors (Lipinski definition) is 7. The molecular formula is C15H15F3N4O4S. The van der Waals surface area contributed by atoms with Gasteiger partial charge in [0.05, 0.1) is 11.8 Å². The number of halogens is 3. The SMILES string of the molecule is O=S(=O)(C1CC1)N1CCC(Oc2ccc(-c3noc(C(F)(F)F)n3)cn2)C1. The highest BCUT2D eigenvalue weighted by Crippen LogP contribution is 2.33. The van der Waals surface area contributed by atoms with E-state index in [4.69, 9.17) is 4.74 Å². The van der Waals surface area contributed by atoms with E-state index in [1.807, 2.05) is 0 Å². The third kappa shape index (κ3) is 3.76. The first-order valence-corrected chi connectivity index (χ1v) is 9.77. The topological polar surface area (TPSA) is 98.4 Å². The van der Waals surface area contributed by atoms with E-state index in [-0.39, 0.29) is 35.2 Å². The molecule has 1 aliphatic heterocycles. The zero-order chi connectivity index (χ0) is 19.2. The van der Waals surface area contributed by atoms with Crippen molar-refractivity contribution in [2.75, 3.05) is 13.1 Å². The van der Waals surface area contributed by atoms with Gasteiger partial charge in [0.15, 0.2) is 0 Å². The Morgan fingerprint density at radius 2 is 2.00 bits per heavy atom. The second kappa shape index (κ2) is 6.44. The molecule has 1 saturated heterocycles. The van der Waals surface area contributed by atoms with Crippen molar-refractivity contribution in [3.8, 4) is 17.3 Å². The summed E-state index contributed by atoms with van der Waals surface area (Å²) in [6.07, 6.45) is -1.79. The molecule has 0 N–H and O–H groups in total. The third-order valence-corrected chi connectivity index (χ3v) is 6.73. The Hall–Kier alpha value is -2.21. The maximum atomic E-state index is 12.5. The molecule has 8 nitrogen and oxygen atoms in total. The van der Waals surface area contributed by atoms with Crippen molar-refractivity contribution in [1.29, 1.82) is 0 Å². The molecule has 0 radical (unpaired) electrons. The summed E-state index contributed by atoms with van der Waals surface area (Å²) >= 11 is 0. The highest BCUT2D eigenvalue weighted by atomic mass is 32.2. The Labute approximate surface area is 152 Å². The highest BCUT2D eigenvalue weighted by Gasteiger charge is 2.43. The number of rotatable bonds is 5. The lowest BCUT2D eigenvalue weighted by atomic mass is 10.2. The first kappa shape index (κ1) is 18.2. The zero-order valence-electron chi connectivity index (χ0n) is 13.9. The van der Waals surface area contributed by atoms with Gasteiger partial charge in [0, 0.05) is 24.4 Å². The average Bonchev–Trinajstić information content (AvgIpc) is 3.16. The van der Waals surface area contributed by atoms with Gasteiger partial charge in [-0.15, -0.1) is 0 Å². The summed E-state index contributed by atoms with van der Waals surface area (Å²) in [4.78, 5) is 7.32. The number of hydrogen-bond donors (Lipinski definition) is 0. The molecule has 146 valence electrons. The van der Waals surface area contributed by atoms with Gasteiger partial charge in [-0.05, 0) is 25.3 Å². The molecule has 4 rings (SSSR count). The van der Waals surface area contributed by atoms with Crippen LogP contribution in [0.25, 0.3) is 11.4 Å². The van der Waals surface area contributed by atoms with Gasteiger partial charge in [-0.1, -0.05) is 5.16 Å². The van der Waals surface area contributed by atoms with E-state index >= 15 is 0 Å². The minimum Gasteiger partial charge on any atom is -0.473 e. The lowest BCUT2D eigenvalue weighted by Crippen LogP contribution is -2.33. The standard InChI is InChI=1S/C15H15F3N4O4S/c16-15(17,18)14-20-13(21-26-14)9-1-4-12(19-7-9)25-10-5-6-22(8-10)27(23,24)11-2-3-11/h1,4,7,10-11H,2-3,5-6,8H2. The Balaban J connectivity index is 1.39. The van der Waals surface area contributed by atoms with E-state index in [9.17, 15) is 21.6 Å². The Bertz CT molecular complexity index is 925. The van der Waals surface area contributed by atoms with Crippen LogP contribution in [-0.2, 0) is 16.2 Å². The van der Waals surface area contributed by atoms with Crippen molar-refractivity contribution in [1.82, 2.24) is 19.4 Å². The second-order valence-electron chi connectivity index (χ2n) is 6.44. The molecule has 0 amide bonds. The fraction of sp³-hybridized carbons (Fsp3) is 0.533. The predicted octanol–water partition coefficient (Wildman–Crippen LogP) is 2.10. The zero-order valence-corrected chi connectivity index (χ0v) is 14.7. The van der Waals surface area contributed by atoms with E-state index in [1.54, 1.807) is 0 Å². The van der Waals surface area contributed by atoms with Crippen LogP contribution in [0.2, 0.25) is 0 Å². The van der Waals surface area contributed by atoms with Crippen LogP contribution >= 0.6 is 0 Å². The first-order chi connectivity index (χ1) is 12.7. The Kier molecular flexibility index (Phi) is 4.34. The van der Waals surface area contributed by atoms with E-state index in [0.717, 1.165) is 0 Å². The molecule has 0 bridgehead atoms. The first-order valence-electron chi connectivity index (χ1n) is 8.26. The van der Waals surface area contributed by atoms with Crippen LogP contribution in [0.15, 0.2) is 22.9 Å². The van der Waals surface area contributed by atoms with Gasteiger partial charge < -0.3 is 9.26 Å². The minimum absolute atomic E-state index is 0.232. The van der Waals surface area contributed by atoms with Crippen molar-refractivity contribution in [2.24, 2.45) is 0 Å². The molecule has 12 heteroatoms. The molecule has 2 aromatic heterocycles. The van der Waals surface area contributed by atoms with Gasteiger partial charge in [-0.3, -0.25) is 0 Å². The predicted molar refractivity (Wildman–Crippen MR) is 85.1 cm³/mol. The summed E-state index contributed by atoms with van der Waals surface area (Å²) in [5.74, 6) is -1.42. The van der Waals surface area contributed by atoms with Crippen LogP contribution in [-0.4, -0.2) is 52.3 Å². The van der Waals surface area contributed by atoms with Crippen molar-refractivity contribution >= 4 is 10.0 Å². The van der Waals surface area contributed by atoms with Gasteiger partial charge in [-0.2, -0.15) is 22.5 Å². The third-order valence-electron chi connectivity index (χ3n) is 4.36. The summed E-state index contributed by atoms with van der Waals surface area (Å²) in [5, 5.41) is 3.03. The van der Waals surface area contributed by atoms with Crippen LogP contribution in [0, 0.1) is 0 Å². The number of pyridine rings is 1. The Morgan fingerprint density at radius 3 is 2.59 bits per heavy atom. The van der Waals surface area contributed by atoms with Crippen molar-refractivity contribution in [3.05, 3.63) is 24.2 Å². The summed E-state index contributed by atoms with van der Waals surface area (Å²) < 4.78 is 73.3. The quantitative estimate of drug-likeness (QED) is 0.753. The molecule has 1 aliphatic carbocycles. The van der Waals surface area contributed by atoms with Crippen LogP contribution in [0.1, 0.15) is 25.2 Å². The smallest absolute Gasteiger partial charge is 0.471 e. The molecule has 3 heterocycles. The van der Waals surface area contributed by atoms with Crippen LogP contribution in [0.5, 0.6) is 5.88 Å². The maximum absolute atomic E-state index is 12.5. The molecule has 0 aromatic carbocycles. The lowest BCUT2D eigenvalue weighted by molar-refractivity contribution is -0.159. The second-order valence-corrected chi connectivity index (χ2v) is 8.65. The van der Waals surface area contributed by atoms with Gasteiger partial charge in [0.1, 0.15) is 6.10 Å². The molecule has 2 aromatic rings. The number of alkyl halides is 3. The van der Waals surface area contributed by atoms with Crippen LogP contribution in [0.4, 0.5) is 13.2 Å². The highest BCUT2D eigenvalue weighted by molar-refractivity contribution is 7.90. The number of ether oxygens (including phenoxy) is 1. The largest absolute Gasteiger partial charge is 0.473 e. The van der Waals surface area contributed by atoms with E-state index in [1.165, 1.54) is 22.6 Å². The van der Waals surface area contributed by atoms with Crippen molar-refractivity contribution in [3.63, 3.8) is 0 Å². The van der Waals surface area contributed by atoms with E-state index in [0.29, 0.717) is 25.8 Å². The number of aromatic nitrogens is 3. The van der Waals surface area contributed by atoms with E-state index in [2.05, 4.69) is 19.6 Å². The average molecular weight is 404 g/mol. The Morgan fingerprint density at radius 1 is 1.22 bits per heavy atom. The summed E-state index contributed by atoms with van der Waals surface area (Å²) in [7, 11) is -3.23. The molecule has 2 aliphatic rings. The summed E-state index contributed by atoms with van der Waals surface area (Å²) in [6, 6.07) is 2.93. The van der Waals surface area contributed by atoms with Crippen LogP contribution < -0.4 is 4.74 Å². The molecule has 2 fully saturated rings. The molecule has 0 spiro atoms. The summed E-state index contributed by atoms with van der Waals surface area (Å²) in [6.45, 7) is 0.673. The van der Waals surface area contributed by atoms with Crippen LogP contribution in [0.3, 0.4) is 0 Å². The maximum Gasteiger partial charge on any atom is 0.471 e. The van der Waals surface area contributed by atoms with Crippen molar-refractivity contribution < 1.29 is 30.8 Å². The molecule has 27 heavy (non-hydrogen) atoms. The van der Waals surface area contributed by atoms with E-state index < -0.39 is 22.1 Å². The fourth-order valence-corrected chi connectivity index (χ4v) is 4.70. The monoisotopic (exact) mass is 404 g/mol. The number of nitrogens with zero attached hydrogens (tertiary/aromatic N) is 4. The van der Waals surface area contributed by atoms with Gasteiger partial charge >= 0.3 is 12.1 Å². The minimum atomic E-state index is -4.71. The molecule has 1 unspecified atom stereocenters. The van der Waals surface area contributed by atoms with Gasteiger partial charge in [0.2, 0.25) is 21.7 Å². The lowest BCUT2D eigenvalue weighted by Gasteiger charge is -2.16.